The van der Waals surface area contributed by atoms with Crippen molar-refractivity contribution in [3.8, 4) is 0 Å². The van der Waals surface area contributed by atoms with Crippen molar-refractivity contribution in [2.24, 2.45) is 0 Å². The third kappa shape index (κ3) is 3.52. The maximum atomic E-state index is 13.3. The van der Waals surface area contributed by atoms with Crippen LogP contribution in [0.25, 0.3) is 16.7 Å². The fourth-order valence-electron chi connectivity index (χ4n) is 4.52. The summed E-state index contributed by atoms with van der Waals surface area (Å²) in [6, 6.07) is 7.85. The summed E-state index contributed by atoms with van der Waals surface area (Å²) in [6.45, 7) is 4.95. The van der Waals surface area contributed by atoms with E-state index in [0.717, 1.165) is 9.54 Å². The van der Waals surface area contributed by atoms with E-state index in [1.807, 2.05) is 6.92 Å². The van der Waals surface area contributed by atoms with Gasteiger partial charge in [0.25, 0.3) is 10.0 Å². The van der Waals surface area contributed by atoms with Gasteiger partial charge >= 0.3 is 5.97 Å². The van der Waals surface area contributed by atoms with Crippen LogP contribution in [0.4, 0.5) is 0 Å². The zero-order valence-corrected chi connectivity index (χ0v) is 19.7. The van der Waals surface area contributed by atoms with Crippen LogP contribution < -0.4 is 0 Å². The summed E-state index contributed by atoms with van der Waals surface area (Å²) in [5.41, 5.74) is 2.40. The van der Waals surface area contributed by atoms with E-state index in [4.69, 9.17) is 4.74 Å². The van der Waals surface area contributed by atoms with Crippen molar-refractivity contribution in [2.45, 2.75) is 44.2 Å². The lowest BCUT2D eigenvalue weighted by Gasteiger charge is -2.22. The van der Waals surface area contributed by atoms with Crippen LogP contribution >= 0.6 is 0 Å². The van der Waals surface area contributed by atoms with Crippen LogP contribution in [0.15, 0.2) is 53.8 Å². The summed E-state index contributed by atoms with van der Waals surface area (Å²) in [4.78, 5) is 34.5. The number of amides is 1. The summed E-state index contributed by atoms with van der Waals surface area (Å²) in [6.07, 6.45) is 4.60. The molecule has 0 radical (unpaired) electrons. The van der Waals surface area contributed by atoms with Crippen molar-refractivity contribution in [1.29, 1.82) is 0 Å². The van der Waals surface area contributed by atoms with E-state index < -0.39 is 28.1 Å². The van der Waals surface area contributed by atoms with Gasteiger partial charge in [-0.25, -0.2) is 22.4 Å². The molecule has 0 saturated carbocycles. The summed E-state index contributed by atoms with van der Waals surface area (Å²) in [7, 11) is -3.87. The van der Waals surface area contributed by atoms with Gasteiger partial charge in [-0.1, -0.05) is 17.7 Å². The molecule has 1 aliphatic rings. The summed E-state index contributed by atoms with van der Waals surface area (Å²) in [5, 5.41) is 0. The maximum absolute atomic E-state index is 13.3. The Kier molecular flexibility index (Phi) is 5.16. The molecule has 1 aliphatic heterocycles. The molecule has 1 amide bonds. The number of nitrogens with zero attached hydrogens (tertiary/aromatic N) is 5. The van der Waals surface area contributed by atoms with Crippen molar-refractivity contribution in [3.63, 3.8) is 0 Å². The number of carbonyl (C=O) groups is 2. The molecular weight excluding hydrogens is 458 g/mol. The van der Waals surface area contributed by atoms with Gasteiger partial charge in [-0.3, -0.25) is 14.0 Å². The van der Waals surface area contributed by atoms with Crippen LogP contribution in [0, 0.1) is 6.92 Å². The first-order chi connectivity index (χ1) is 16.2. The Labute approximate surface area is 195 Å². The van der Waals surface area contributed by atoms with E-state index in [-0.39, 0.29) is 23.0 Å². The van der Waals surface area contributed by atoms with Gasteiger partial charge in [0.15, 0.2) is 5.65 Å². The Morgan fingerprint density at radius 3 is 2.44 bits per heavy atom. The minimum Gasteiger partial charge on any atom is -0.461 e. The molecule has 2 unspecified atom stereocenters. The van der Waals surface area contributed by atoms with Gasteiger partial charge in [-0.15, -0.1) is 0 Å². The summed E-state index contributed by atoms with van der Waals surface area (Å²) >= 11 is 0. The molecule has 0 bridgehead atoms. The van der Waals surface area contributed by atoms with E-state index in [9.17, 15) is 18.0 Å². The number of likely N-dealkylation sites (tertiary alicyclic amines) is 1. The lowest BCUT2D eigenvalue weighted by atomic mass is 10.2. The fourth-order valence-corrected chi connectivity index (χ4v) is 5.81. The van der Waals surface area contributed by atoms with Gasteiger partial charge in [-0.2, -0.15) is 0 Å². The molecule has 1 saturated heterocycles. The quantitative estimate of drug-likeness (QED) is 0.411. The van der Waals surface area contributed by atoms with Crippen LogP contribution in [-0.2, 0) is 24.3 Å². The number of aromatic nitrogens is 4. The third-order valence-electron chi connectivity index (χ3n) is 6.06. The lowest BCUT2D eigenvalue weighted by molar-refractivity contribution is -0.146. The highest BCUT2D eigenvalue weighted by Gasteiger charge is 2.39. The number of rotatable bonds is 4. The van der Waals surface area contributed by atoms with Gasteiger partial charge in [-0.05, 0) is 25.1 Å². The molecule has 3 aromatic heterocycles. The molecular formula is C23H23N5O5S. The highest BCUT2D eigenvalue weighted by molar-refractivity contribution is 7.90. The van der Waals surface area contributed by atoms with Crippen molar-refractivity contribution < 1.29 is 22.7 Å². The topological polar surface area (TPSA) is 116 Å². The second-order valence-electron chi connectivity index (χ2n) is 8.43. The smallest absolute Gasteiger partial charge is 0.302 e. The molecule has 0 aliphatic carbocycles. The Morgan fingerprint density at radius 1 is 1.06 bits per heavy atom. The highest BCUT2D eigenvalue weighted by Crippen LogP contribution is 2.35. The number of carbonyl (C=O) groups excluding carboxylic acids is 2. The largest absolute Gasteiger partial charge is 0.461 e. The van der Waals surface area contributed by atoms with E-state index in [1.54, 1.807) is 52.0 Å². The molecule has 176 valence electrons. The molecule has 4 heterocycles. The monoisotopic (exact) mass is 481 g/mol. The second kappa shape index (κ2) is 7.94. The zero-order chi connectivity index (χ0) is 24.2. The van der Waals surface area contributed by atoms with Crippen LogP contribution in [-0.4, -0.2) is 56.2 Å². The molecule has 0 N–H and O–H groups in total. The van der Waals surface area contributed by atoms with Crippen LogP contribution in [0.1, 0.15) is 37.7 Å². The summed E-state index contributed by atoms with van der Waals surface area (Å²) in [5.74, 6) is -0.0222. The fraction of sp³-hybridized carbons (Fsp3) is 0.304. The van der Waals surface area contributed by atoms with E-state index >= 15 is 0 Å². The summed E-state index contributed by atoms with van der Waals surface area (Å²) < 4.78 is 35.0. The highest BCUT2D eigenvalue weighted by atomic mass is 32.2. The second-order valence-corrected chi connectivity index (χ2v) is 10.2. The standard InChI is InChI=1S/C23H23N5O5S/c1-14-4-6-19(7-5-14)34(31,32)27-9-8-20-22(27)24-11-17-12-25-23(28(17)20)21-10-18(33-16(3)30)13-26(21)15(2)29/h4-9,11-12,18,21H,10,13H2,1-3H3. The number of aryl methyl sites for hydroxylation is 1. The predicted octanol–water partition coefficient (Wildman–Crippen LogP) is 2.45. The van der Waals surface area contributed by atoms with Crippen molar-refractivity contribution in [2.75, 3.05) is 6.54 Å². The average Bonchev–Trinajstić information content (AvgIpc) is 3.49. The number of hydrogen-bond acceptors (Lipinski definition) is 7. The molecule has 10 nitrogen and oxygen atoms in total. The molecule has 0 spiro atoms. The van der Waals surface area contributed by atoms with Gasteiger partial charge in [0.05, 0.1) is 40.9 Å². The van der Waals surface area contributed by atoms with Gasteiger partial charge in [0.1, 0.15) is 11.9 Å². The van der Waals surface area contributed by atoms with Crippen molar-refractivity contribution >= 4 is 38.6 Å². The number of benzene rings is 1. The van der Waals surface area contributed by atoms with E-state index in [0.29, 0.717) is 23.3 Å². The molecule has 11 heteroatoms. The first-order valence-corrected chi connectivity index (χ1v) is 12.2. The minimum absolute atomic E-state index is 0.158. The minimum atomic E-state index is -3.87. The average molecular weight is 482 g/mol. The number of ether oxygens (including phenoxy) is 1. The molecule has 4 aromatic rings. The lowest BCUT2D eigenvalue weighted by Crippen LogP contribution is -2.31. The number of hydrogen-bond donors (Lipinski definition) is 0. The normalized spacial score (nSPS) is 18.6. The van der Waals surface area contributed by atoms with E-state index in [2.05, 4.69) is 9.97 Å². The number of imidazole rings is 1. The Balaban J connectivity index is 1.64. The van der Waals surface area contributed by atoms with Crippen LogP contribution in [0.3, 0.4) is 0 Å². The predicted molar refractivity (Wildman–Crippen MR) is 123 cm³/mol. The number of esters is 1. The Bertz CT molecular complexity index is 1540. The Morgan fingerprint density at radius 2 is 1.76 bits per heavy atom. The van der Waals surface area contributed by atoms with Crippen molar-refractivity contribution in [1.82, 2.24) is 23.2 Å². The molecule has 1 aromatic carbocycles. The van der Waals surface area contributed by atoms with Crippen molar-refractivity contribution in [3.05, 3.63) is 60.3 Å². The third-order valence-corrected chi connectivity index (χ3v) is 7.74. The maximum Gasteiger partial charge on any atom is 0.302 e. The zero-order valence-electron chi connectivity index (χ0n) is 18.9. The Hall–Kier alpha value is -3.73. The molecule has 34 heavy (non-hydrogen) atoms. The van der Waals surface area contributed by atoms with Crippen LogP contribution in [0.2, 0.25) is 0 Å². The van der Waals surface area contributed by atoms with E-state index in [1.165, 1.54) is 20.0 Å². The first-order valence-electron chi connectivity index (χ1n) is 10.8. The SMILES string of the molecule is CC(=O)OC1CC(c2ncc3cnc4c(ccn4S(=O)(=O)c4ccc(C)cc4)n23)N(C(C)=O)C1. The van der Waals surface area contributed by atoms with Gasteiger partial charge in [0.2, 0.25) is 5.91 Å². The molecule has 5 rings (SSSR count). The molecule has 1 fully saturated rings. The first kappa shape index (κ1) is 22.1. The van der Waals surface area contributed by atoms with Gasteiger partial charge < -0.3 is 9.64 Å². The number of fused-ring (bicyclic) bond motifs is 3. The van der Waals surface area contributed by atoms with Crippen LogP contribution in [0.5, 0.6) is 0 Å². The molecule has 2 atom stereocenters. The van der Waals surface area contributed by atoms with Gasteiger partial charge in [0, 0.05) is 26.5 Å².